The Balaban J connectivity index is 2.26. The Kier molecular flexibility index (Phi) is 4.24. The summed E-state index contributed by atoms with van der Waals surface area (Å²) in [5.74, 6) is 0.404. The van der Waals surface area contributed by atoms with Crippen LogP contribution in [-0.2, 0) is 10.0 Å². The molecule has 2 N–H and O–H groups in total. The zero-order valence-electron chi connectivity index (χ0n) is 11.1. The van der Waals surface area contributed by atoms with Crippen molar-refractivity contribution in [2.45, 2.75) is 24.7 Å². The van der Waals surface area contributed by atoms with Crippen LogP contribution in [0.2, 0.25) is 0 Å². The second kappa shape index (κ2) is 5.76. The molecule has 0 radical (unpaired) electrons. The molecule has 1 saturated carbocycles. The summed E-state index contributed by atoms with van der Waals surface area (Å²) in [5.41, 5.74) is 0.0831. The van der Waals surface area contributed by atoms with Crippen molar-refractivity contribution in [3.05, 3.63) is 28.3 Å². The van der Waals surface area contributed by atoms with Crippen LogP contribution in [0.15, 0.2) is 23.1 Å². The smallest absolute Gasteiger partial charge is 0.293 e. The van der Waals surface area contributed by atoms with E-state index in [4.69, 9.17) is 0 Å². The van der Waals surface area contributed by atoms with E-state index >= 15 is 0 Å². The van der Waals surface area contributed by atoms with Crippen molar-refractivity contribution in [1.82, 2.24) is 4.72 Å². The number of nitrogens with one attached hydrogen (secondary N) is 2. The number of sulfonamides is 1. The number of nitro benzene ring substituents is 1. The molecule has 0 atom stereocenters. The summed E-state index contributed by atoms with van der Waals surface area (Å²) in [4.78, 5) is 10.3. The van der Waals surface area contributed by atoms with Crippen molar-refractivity contribution < 1.29 is 13.3 Å². The molecular weight excluding hydrogens is 282 g/mol. The van der Waals surface area contributed by atoms with E-state index in [-0.39, 0.29) is 10.6 Å². The van der Waals surface area contributed by atoms with Crippen molar-refractivity contribution in [1.29, 1.82) is 0 Å². The standard InChI is InChI=1S/C12H17N3O4S/c1-2-13-11-6-5-10(7-12(11)15(16)17)20(18,19)14-8-9-3-4-9/h5-7,9,13-14H,2-4,8H2,1H3. The number of benzene rings is 1. The third-order valence-electron chi connectivity index (χ3n) is 3.10. The second-order valence-corrected chi connectivity index (χ2v) is 6.53. The molecule has 110 valence electrons. The molecule has 0 bridgehead atoms. The molecule has 20 heavy (non-hydrogen) atoms. The van der Waals surface area contributed by atoms with Gasteiger partial charge in [0.2, 0.25) is 10.0 Å². The van der Waals surface area contributed by atoms with E-state index < -0.39 is 14.9 Å². The van der Waals surface area contributed by atoms with E-state index in [9.17, 15) is 18.5 Å². The van der Waals surface area contributed by atoms with Gasteiger partial charge in [0.05, 0.1) is 9.82 Å². The fourth-order valence-electron chi connectivity index (χ4n) is 1.80. The summed E-state index contributed by atoms with van der Waals surface area (Å²) in [6.07, 6.45) is 2.06. The molecule has 8 heteroatoms. The van der Waals surface area contributed by atoms with Gasteiger partial charge < -0.3 is 5.32 Å². The van der Waals surface area contributed by atoms with E-state index in [0.29, 0.717) is 24.7 Å². The van der Waals surface area contributed by atoms with Gasteiger partial charge in [-0.2, -0.15) is 0 Å². The summed E-state index contributed by atoms with van der Waals surface area (Å²) >= 11 is 0. The van der Waals surface area contributed by atoms with Crippen molar-refractivity contribution in [2.24, 2.45) is 5.92 Å². The van der Waals surface area contributed by atoms with E-state index in [1.807, 2.05) is 6.92 Å². The molecule has 1 aliphatic rings. The Labute approximate surface area is 117 Å². The van der Waals surface area contributed by atoms with Crippen LogP contribution in [0.5, 0.6) is 0 Å². The zero-order valence-corrected chi connectivity index (χ0v) is 11.9. The molecular formula is C12H17N3O4S. The third-order valence-corrected chi connectivity index (χ3v) is 4.52. The number of hydrogen-bond acceptors (Lipinski definition) is 5. The molecule has 0 unspecified atom stereocenters. The van der Waals surface area contributed by atoms with E-state index in [2.05, 4.69) is 10.0 Å². The number of hydrogen-bond donors (Lipinski definition) is 2. The largest absolute Gasteiger partial charge is 0.380 e. The van der Waals surface area contributed by atoms with Gasteiger partial charge in [-0.25, -0.2) is 13.1 Å². The first-order chi connectivity index (χ1) is 9.44. The Morgan fingerprint density at radius 2 is 2.10 bits per heavy atom. The average Bonchev–Trinajstić information content (AvgIpc) is 3.21. The van der Waals surface area contributed by atoms with Crippen LogP contribution in [-0.4, -0.2) is 26.4 Å². The maximum Gasteiger partial charge on any atom is 0.293 e. The lowest BCUT2D eigenvalue weighted by Crippen LogP contribution is -2.25. The molecule has 1 fully saturated rings. The lowest BCUT2D eigenvalue weighted by atomic mass is 10.2. The Morgan fingerprint density at radius 3 is 2.65 bits per heavy atom. The fraction of sp³-hybridized carbons (Fsp3) is 0.500. The summed E-state index contributed by atoms with van der Waals surface area (Å²) in [6.45, 7) is 2.73. The highest BCUT2D eigenvalue weighted by molar-refractivity contribution is 7.89. The van der Waals surface area contributed by atoms with Gasteiger partial charge in [0, 0.05) is 19.2 Å². The lowest BCUT2D eigenvalue weighted by Gasteiger charge is -2.08. The Bertz CT molecular complexity index is 611. The second-order valence-electron chi connectivity index (χ2n) is 4.76. The van der Waals surface area contributed by atoms with E-state index in [1.165, 1.54) is 12.1 Å². The predicted octanol–water partition coefficient (Wildman–Crippen LogP) is 1.71. The average molecular weight is 299 g/mol. The van der Waals surface area contributed by atoms with Crippen LogP contribution in [0.4, 0.5) is 11.4 Å². The summed E-state index contributed by atoms with van der Waals surface area (Å²) in [7, 11) is -3.69. The first-order valence-electron chi connectivity index (χ1n) is 6.46. The molecule has 1 aromatic carbocycles. The van der Waals surface area contributed by atoms with Gasteiger partial charge in [0.15, 0.2) is 0 Å². The topological polar surface area (TPSA) is 101 Å². The number of rotatable bonds is 7. The van der Waals surface area contributed by atoms with Gasteiger partial charge in [-0.15, -0.1) is 0 Å². The van der Waals surface area contributed by atoms with Gasteiger partial charge in [-0.05, 0) is 37.8 Å². The Hall–Kier alpha value is -1.67. The van der Waals surface area contributed by atoms with Crippen LogP contribution in [0.25, 0.3) is 0 Å². The first-order valence-corrected chi connectivity index (χ1v) is 7.94. The third kappa shape index (κ3) is 3.45. The monoisotopic (exact) mass is 299 g/mol. The van der Waals surface area contributed by atoms with Crippen molar-refractivity contribution >= 4 is 21.4 Å². The molecule has 0 heterocycles. The highest BCUT2D eigenvalue weighted by Crippen LogP contribution is 2.30. The van der Waals surface area contributed by atoms with Gasteiger partial charge in [-0.1, -0.05) is 0 Å². The van der Waals surface area contributed by atoms with Crippen LogP contribution >= 0.6 is 0 Å². The Morgan fingerprint density at radius 1 is 1.40 bits per heavy atom. The molecule has 0 aromatic heterocycles. The van der Waals surface area contributed by atoms with E-state index in [0.717, 1.165) is 18.9 Å². The van der Waals surface area contributed by atoms with Gasteiger partial charge >= 0.3 is 0 Å². The van der Waals surface area contributed by atoms with Crippen LogP contribution < -0.4 is 10.0 Å². The minimum Gasteiger partial charge on any atom is -0.380 e. The highest BCUT2D eigenvalue weighted by Gasteiger charge is 2.26. The van der Waals surface area contributed by atoms with Crippen LogP contribution in [0.3, 0.4) is 0 Å². The molecule has 0 spiro atoms. The summed E-state index contributed by atoms with van der Waals surface area (Å²) in [6, 6.07) is 3.89. The molecule has 1 aromatic rings. The first kappa shape index (κ1) is 14.7. The molecule has 2 rings (SSSR count). The zero-order chi connectivity index (χ0) is 14.8. The minimum absolute atomic E-state index is 0.0773. The fourth-order valence-corrected chi connectivity index (χ4v) is 2.94. The minimum atomic E-state index is -3.69. The number of nitro groups is 1. The van der Waals surface area contributed by atoms with Crippen molar-refractivity contribution in [3.63, 3.8) is 0 Å². The van der Waals surface area contributed by atoms with Gasteiger partial charge in [0.25, 0.3) is 5.69 Å². The molecule has 0 saturated heterocycles. The predicted molar refractivity (Wildman–Crippen MR) is 75.2 cm³/mol. The maximum atomic E-state index is 12.1. The number of nitrogens with zero attached hydrogens (tertiary/aromatic N) is 1. The molecule has 1 aliphatic carbocycles. The van der Waals surface area contributed by atoms with Crippen molar-refractivity contribution in [2.75, 3.05) is 18.4 Å². The normalized spacial score (nSPS) is 15.1. The van der Waals surface area contributed by atoms with Crippen molar-refractivity contribution in [3.8, 4) is 0 Å². The molecule has 7 nitrogen and oxygen atoms in total. The van der Waals surface area contributed by atoms with E-state index in [1.54, 1.807) is 0 Å². The maximum absolute atomic E-state index is 12.1. The van der Waals surface area contributed by atoms with Gasteiger partial charge in [0.1, 0.15) is 5.69 Å². The summed E-state index contributed by atoms with van der Waals surface area (Å²) < 4.78 is 26.6. The number of anilines is 1. The highest BCUT2D eigenvalue weighted by atomic mass is 32.2. The molecule has 0 aliphatic heterocycles. The summed E-state index contributed by atoms with van der Waals surface area (Å²) in [5, 5.41) is 13.8. The van der Waals surface area contributed by atoms with Gasteiger partial charge in [-0.3, -0.25) is 10.1 Å². The van der Waals surface area contributed by atoms with Crippen LogP contribution in [0.1, 0.15) is 19.8 Å². The lowest BCUT2D eigenvalue weighted by molar-refractivity contribution is -0.384. The molecule has 0 amide bonds. The van der Waals surface area contributed by atoms with Crippen LogP contribution in [0, 0.1) is 16.0 Å². The SMILES string of the molecule is CCNc1ccc(S(=O)(=O)NCC2CC2)cc1[N+](=O)[O-]. The quantitative estimate of drug-likeness (QED) is 0.589.